The van der Waals surface area contributed by atoms with Crippen LogP contribution < -0.4 is 5.32 Å². The highest BCUT2D eigenvalue weighted by Gasteiger charge is 2.13. The van der Waals surface area contributed by atoms with Gasteiger partial charge in [0.2, 0.25) is 5.91 Å². The molecule has 24 heavy (non-hydrogen) atoms. The van der Waals surface area contributed by atoms with E-state index in [1.165, 1.54) is 17.8 Å². The maximum Gasteiger partial charge on any atom is 0.234 e. The lowest BCUT2D eigenvalue weighted by molar-refractivity contribution is -0.113. The van der Waals surface area contributed by atoms with E-state index in [2.05, 4.69) is 20.5 Å². The van der Waals surface area contributed by atoms with E-state index >= 15 is 0 Å². The molecule has 0 bridgehead atoms. The van der Waals surface area contributed by atoms with Crippen molar-refractivity contribution in [2.24, 2.45) is 7.05 Å². The summed E-state index contributed by atoms with van der Waals surface area (Å²) in [4.78, 5) is 16.1. The van der Waals surface area contributed by atoms with Crippen LogP contribution in [0.1, 0.15) is 0 Å². The van der Waals surface area contributed by atoms with Gasteiger partial charge in [0.05, 0.1) is 5.75 Å². The van der Waals surface area contributed by atoms with Crippen LogP contribution in [0.2, 0.25) is 0 Å². The maximum atomic E-state index is 12.0. The van der Waals surface area contributed by atoms with Gasteiger partial charge < -0.3 is 15.0 Å². The summed E-state index contributed by atoms with van der Waals surface area (Å²) < 4.78 is 1.82. The van der Waals surface area contributed by atoms with Crippen molar-refractivity contribution < 1.29 is 9.90 Å². The number of nitrogens with one attached hydrogen (secondary N) is 1. The number of hydrogen-bond acceptors (Lipinski definition) is 6. The summed E-state index contributed by atoms with van der Waals surface area (Å²) in [7, 11) is 1.85. The second-order valence-electron chi connectivity index (χ2n) is 4.99. The minimum absolute atomic E-state index is 0.106. The zero-order chi connectivity index (χ0) is 16.9. The van der Waals surface area contributed by atoms with E-state index in [9.17, 15) is 9.90 Å². The molecule has 0 unspecified atom stereocenters. The van der Waals surface area contributed by atoms with Crippen LogP contribution in [0.15, 0.2) is 53.9 Å². The van der Waals surface area contributed by atoms with Gasteiger partial charge in [-0.3, -0.25) is 9.78 Å². The Balaban J connectivity index is 1.63. The minimum Gasteiger partial charge on any atom is -0.508 e. The monoisotopic (exact) mass is 341 g/mol. The molecule has 7 nitrogen and oxygen atoms in total. The van der Waals surface area contributed by atoms with Crippen LogP contribution in [0, 0.1) is 0 Å². The highest BCUT2D eigenvalue weighted by atomic mass is 32.2. The first-order valence-corrected chi connectivity index (χ1v) is 8.13. The summed E-state index contributed by atoms with van der Waals surface area (Å²) in [6.07, 6.45) is 3.41. The third-order valence-electron chi connectivity index (χ3n) is 3.22. The lowest BCUT2D eigenvalue weighted by Crippen LogP contribution is -2.14. The molecule has 0 aliphatic carbocycles. The number of pyridine rings is 1. The summed E-state index contributed by atoms with van der Waals surface area (Å²) in [6, 6.07) is 10.2. The lowest BCUT2D eigenvalue weighted by atomic mass is 10.3. The Bertz CT molecular complexity index is 851. The molecule has 3 aromatic rings. The average molecular weight is 341 g/mol. The first-order valence-electron chi connectivity index (χ1n) is 7.15. The van der Waals surface area contributed by atoms with Gasteiger partial charge in [-0.25, -0.2) is 0 Å². The molecule has 0 aliphatic heterocycles. The van der Waals surface area contributed by atoms with Crippen molar-refractivity contribution in [1.29, 1.82) is 0 Å². The van der Waals surface area contributed by atoms with Gasteiger partial charge in [-0.2, -0.15) is 0 Å². The summed E-state index contributed by atoms with van der Waals surface area (Å²) in [5.41, 5.74) is 1.41. The largest absolute Gasteiger partial charge is 0.508 e. The van der Waals surface area contributed by atoms with Crippen LogP contribution >= 0.6 is 11.8 Å². The molecule has 0 fully saturated rings. The number of anilines is 1. The Morgan fingerprint density at radius 2 is 2.17 bits per heavy atom. The van der Waals surface area contributed by atoms with Gasteiger partial charge in [-0.05, 0) is 24.3 Å². The molecule has 0 atom stereocenters. The molecular weight excluding hydrogens is 326 g/mol. The van der Waals surface area contributed by atoms with Gasteiger partial charge in [0, 0.05) is 36.8 Å². The molecule has 0 radical (unpaired) electrons. The number of aromatic hydroxyl groups is 1. The summed E-state index contributed by atoms with van der Waals surface area (Å²) in [5.74, 6) is 0.805. The quantitative estimate of drug-likeness (QED) is 0.692. The van der Waals surface area contributed by atoms with Crippen LogP contribution in [0.4, 0.5) is 5.69 Å². The molecule has 3 rings (SSSR count). The second kappa shape index (κ2) is 7.14. The van der Waals surface area contributed by atoms with Crippen molar-refractivity contribution in [2.75, 3.05) is 11.1 Å². The Hall–Kier alpha value is -2.87. The fourth-order valence-corrected chi connectivity index (χ4v) is 2.81. The number of hydrogen-bond donors (Lipinski definition) is 2. The van der Waals surface area contributed by atoms with Crippen molar-refractivity contribution in [1.82, 2.24) is 19.7 Å². The van der Waals surface area contributed by atoms with Crippen LogP contribution in [0.25, 0.3) is 11.4 Å². The van der Waals surface area contributed by atoms with Gasteiger partial charge in [0.15, 0.2) is 11.0 Å². The molecule has 0 spiro atoms. The average Bonchev–Trinajstić information content (AvgIpc) is 2.94. The number of nitrogens with zero attached hydrogens (tertiary/aromatic N) is 4. The van der Waals surface area contributed by atoms with Crippen molar-refractivity contribution in [3.63, 3.8) is 0 Å². The number of carbonyl (C=O) groups is 1. The number of thioether (sulfide) groups is 1. The number of benzene rings is 1. The summed E-state index contributed by atoms with van der Waals surface area (Å²) in [5, 5.41) is 21.0. The Labute approximate surface area is 142 Å². The molecule has 1 amide bonds. The normalized spacial score (nSPS) is 10.5. The molecule has 2 N–H and O–H groups in total. The highest BCUT2D eigenvalue weighted by molar-refractivity contribution is 7.99. The van der Waals surface area contributed by atoms with Crippen LogP contribution in [-0.2, 0) is 11.8 Å². The molecule has 2 aromatic heterocycles. The van der Waals surface area contributed by atoms with Crippen molar-refractivity contribution in [2.45, 2.75) is 5.16 Å². The molecule has 1 aromatic carbocycles. The van der Waals surface area contributed by atoms with Crippen LogP contribution in [-0.4, -0.2) is 36.5 Å². The lowest BCUT2D eigenvalue weighted by Gasteiger charge is -2.06. The van der Waals surface area contributed by atoms with Crippen molar-refractivity contribution in [3.8, 4) is 17.1 Å². The third kappa shape index (κ3) is 3.72. The highest BCUT2D eigenvalue weighted by Crippen LogP contribution is 2.22. The van der Waals surface area contributed by atoms with Gasteiger partial charge in [-0.15, -0.1) is 10.2 Å². The van der Waals surface area contributed by atoms with E-state index < -0.39 is 0 Å². The fourth-order valence-electron chi connectivity index (χ4n) is 2.10. The van der Waals surface area contributed by atoms with Crippen LogP contribution in [0.5, 0.6) is 5.75 Å². The molecular formula is C16H15N5O2S. The van der Waals surface area contributed by atoms with Gasteiger partial charge >= 0.3 is 0 Å². The Morgan fingerprint density at radius 1 is 1.29 bits per heavy atom. The maximum absolute atomic E-state index is 12.0. The van der Waals surface area contributed by atoms with Gasteiger partial charge in [0.1, 0.15) is 5.75 Å². The molecule has 0 aliphatic rings. The number of phenols is 1. The minimum atomic E-state index is -0.184. The number of aromatic nitrogens is 4. The van der Waals surface area contributed by atoms with E-state index in [1.54, 1.807) is 30.6 Å². The zero-order valence-corrected chi connectivity index (χ0v) is 13.7. The standard InChI is InChI=1S/C16H15N5O2S/c1-21-15(11-4-3-7-17-9-11)19-20-16(21)24-10-14(23)18-12-5-2-6-13(22)8-12/h2-9,22H,10H2,1H3,(H,18,23). The number of phenolic OH excluding ortho intramolecular Hbond substituents is 1. The number of amides is 1. The van der Waals surface area contributed by atoms with E-state index in [-0.39, 0.29) is 17.4 Å². The Morgan fingerprint density at radius 3 is 2.92 bits per heavy atom. The topological polar surface area (TPSA) is 92.9 Å². The second-order valence-corrected chi connectivity index (χ2v) is 5.94. The first kappa shape index (κ1) is 16.0. The molecule has 8 heteroatoms. The van der Waals surface area contributed by atoms with E-state index in [0.29, 0.717) is 16.7 Å². The van der Waals surface area contributed by atoms with E-state index in [4.69, 9.17) is 0 Å². The fraction of sp³-hybridized carbons (Fsp3) is 0.125. The van der Waals surface area contributed by atoms with Crippen molar-refractivity contribution >= 4 is 23.4 Å². The summed E-state index contributed by atoms with van der Waals surface area (Å²) >= 11 is 1.29. The van der Waals surface area contributed by atoms with Crippen molar-refractivity contribution in [3.05, 3.63) is 48.8 Å². The zero-order valence-electron chi connectivity index (χ0n) is 12.9. The molecule has 122 valence electrons. The SMILES string of the molecule is Cn1c(SCC(=O)Nc2cccc(O)c2)nnc1-c1cccnc1. The number of rotatable bonds is 5. The van der Waals surface area contributed by atoms with E-state index in [1.807, 2.05) is 23.7 Å². The molecule has 0 saturated carbocycles. The first-order chi connectivity index (χ1) is 11.6. The molecule has 2 heterocycles. The van der Waals surface area contributed by atoms with E-state index in [0.717, 1.165) is 5.56 Å². The summed E-state index contributed by atoms with van der Waals surface area (Å²) in [6.45, 7) is 0. The Kier molecular flexibility index (Phi) is 4.76. The predicted octanol–water partition coefficient (Wildman–Crippen LogP) is 2.31. The van der Waals surface area contributed by atoms with Gasteiger partial charge in [0.25, 0.3) is 0 Å². The van der Waals surface area contributed by atoms with Crippen LogP contribution in [0.3, 0.4) is 0 Å². The number of carbonyl (C=O) groups excluding carboxylic acids is 1. The molecule has 0 saturated heterocycles. The third-order valence-corrected chi connectivity index (χ3v) is 4.24. The smallest absolute Gasteiger partial charge is 0.234 e. The van der Waals surface area contributed by atoms with Gasteiger partial charge in [-0.1, -0.05) is 17.8 Å². The predicted molar refractivity (Wildman–Crippen MR) is 91.7 cm³/mol.